The molecule has 0 fully saturated rings. The molecule has 2 atom stereocenters. The molecular weight excluding hydrogens is 220 g/mol. The maximum atomic E-state index is 9.92. The second-order valence-electron chi connectivity index (χ2n) is 3.77. The van der Waals surface area contributed by atoms with Crippen molar-refractivity contribution in [2.75, 3.05) is 7.11 Å². The second-order valence-corrected chi connectivity index (χ2v) is 4.94. The van der Waals surface area contributed by atoms with Crippen molar-refractivity contribution >= 4 is 11.8 Å². The molecule has 2 nitrogen and oxygen atoms in total. The Morgan fingerprint density at radius 1 is 1.31 bits per heavy atom. The van der Waals surface area contributed by atoms with Gasteiger partial charge >= 0.3 is 0 Å². The Morgan fingerprint density at radius 2 is 1.94 bits per heavy atom. The van der Waals surface area contributed by atoms with Crippen LogP contribution in [0.5, 0.6) is 0 Å². The molecule has 0 aliphatic carbocycles. The van der Waals surface area contributed by atoms with Gasteiger partial charge in [-0.25, -0.2) is 0 Å². The SMILES string of the molecule is COC(Sc1ccccc1)C(O)C=C(C)C. The number of aliphatic hydroxyl groups is 1. The highest BCUT2D eigenvalue weighted by atomic mass is 32.2. The summed E-state index contributed by atoms with van der Waals surface area (Å²) in [5, 5.41) is 9.92. The largest absolute Gasteiger partial charge is 0.385 e. The Kier molecular flexibility index (Phi) is 5.60. The quantitative estimate of drug-likeness (QED) is 0.485. The van der Waals surface area contributed by atoms with E-state index in [1.165, 1.54) is 11.8 Å². The van der Waals surface area contributed by atoms with Crippen molar-refractivity contribution in [1.29, 1.82) is 0 Å². The fourth-order valence-corrected chi connectivity index (χ4v) is 2.21. The van der Waals surface area contributed by atoms with Crippen LogP contribution in [0.15, 0.2) is 46.9 Å². The molecule has 1 rings (SSSR count). The lowest BCUT2D eigenvalue weighted by molar-refractivity contribution is 0.0689. The van der Waals surface area contributed by atoms with Gasteiger partial charge in [0.05, 0.1) is 0 Å². The van der Waals surface area contributed by atoms with Crippen molar-refractivity contribution in [1.82, 2.24) is 0 Å². The summed E-state index contributed by atoms with van der Waals surface area (Å²) in [6, 6.07) is 9.93. The Bertz CT molecular complexity index is 331. The Hall–Kier alpha value is -0.770. The van der Waals surface area contributed by atoms with Crippen molar-refractivity contribution in [3.8, 4) is 0 Å². The summed E-state index contributed by atoms with van der Waals surface area (Å²) in [6.07, 6.45) is 1.23. The summed E-state index contributed by atoms with van der Waals surface area (Å²) in [4.78, 5) is 1.09. The normalized spacial score (nSPS) is 14.2. The van der Waals surface area contributed by atoms with E-state index in [1.54, 1.807) is 7.11 Å². The Morgan fingerprint density at radius 3 is 2.44 bits per heavy atom. The zero-order chi connectivity index (χ0) is 12.0. The van der Waals surface area contributed by atoms with Gasteiger partial charge in [0.15, 0.2) is 0 Å². The van der Waals surface area contributed by atoms with Crippen LogP contribution < -0.4 is 0 Å². The van der Waals surface area contributed by atoms with Gasteiger partial charge in [-0.1, -0.05) is 41.6 Å². The topological polar surface area (TPSA) is 29.5 Å². The van der Waals surface area contributed by atoms with Crippen LogP contribution in [0.1, 0.15) is 13.8 Å². The number of benzene rings is 1. The number of hydrogen-bond donors (Lipinski definition) is 1. The van der Waals surface area contributed by atoms with Crippen LogP contribution in [-0.2, 0) is 4.74 Å². The molecule has 1 N–H and O–H groups in total. The first-order chi connectivity index (χ1) is 7.63. The molecule has 16 heavy (non-hydrogen) atoms. The van der Waals surface area contributed by atoms with E-state index in [4.69, 9.17) is 4.74 Å². The molecule has 0 spiro atoms. The zero-order valence-corrected chi connectivity index (χ0v) is 10.7. The van der Waals surface area contributed by atoms with E-state index in [2.05, 4.69) is 0 Å². The summed E-state index contributed by atoms with van der Waals surface area (Å²) in [6.45, 7) is 3.92. The Balaban J connectivity index is 2.66. The van der Waals surface area contributed by atoms with Crippen LogP contribution in [0.25, 0.3) is 0 Å². The maximum absolute atomic E-state index is 9.92. The molecule has 0 radical (unpaired) electrons. The van der Waals surface area contributed by atoms with E-state index >= 15 is 0 Å². The van der Waals surface area contributed by atoms with Crippen LogP contribution in [0, 0.1) is 0 Å². The number of hydrogen-bond acceptors (Lipinski definition) is 3. The van der Waals surface area contributed by atoms with Gasteiger partial charge in [0, 0.05) is 12.0 Å². The van der Waals surface area contributed by atoms with Crippen LogP contribution in [0.4, 0.5) is 0 Å². The number of methoxy groups -OCH3 is 1. The van der Waals surface area contributed by atoms with E-state index in [0.29, 0.717) is 0 Å². The van der Waals surface area contributed by atoms with Crippen molar-refractivity contribution < 1.29 is 9.84 Å². The molecule has 0 aliphatic heterocycles. The van der Waals surface area contributed by atoms with Crippen LogP contribution in [-0.4, -0.2) is 23.8 Å². The first-order valence-electron chi connectivity index (χ1n) is 5.21. The average molecular weight is 238 g/mol. The number of rotatable bonds is 5. The molecule has 1 aromatic rings. The third kappa shape index (κ3) is 4.39. The first-order valence-corrected chi connectivity index (χ1v) is 6.09. The lowest BCUT2D eigenvalue weighted by Gasteiger charge is -2.18. The first kappa shape index (κ1) is 13.3. The molecule has 0 aromatic heterocycles. The summed E-state index contributed by atoms with van der Waals surface area (Å²) < 4.78 is 5.29. The molecule has 0 saturated heterocycles. The summed E-state index contributed by atoms with van der Waals surface area (Å²) in [7, 11) is 1.61. The third-order valence-corrected chi connectivity index (χ3v) is 3.26. The zero-order valence-electron chi connectivity index (χ0n) is 9.88. The highest BCUT2D eigenvalue weighted by Crippen LogP contribution is 2.26. The van der Waals surface area contributed by atoms with Gasteiger partial charge in [0.25, 0.3) is 0 Å². The van der Waals surface area contributed by atoms with E-state index in [1.807, 2.05) is 50.3 Å². The molecule has 3 heteroatoms. The predicted octanol–water partition coefficient (Wildman–Crippen LogP) is 3.08. The molecule has 0 saturated carbocycles. The lowest BCUT2D eigenvalue weighted by atomic mass is 10.2. The van der Waals surface area contributed by atoms with Gasteiger partial charge in [-0.05, 0) is 26.0 Å². The molecule has 0 aliphatic rings. The van der Waals surface area contributed by atoms with E-state index < -0.39 is 6.10 Å². The molecule has 88 valence electrons. The smallest absolute Gasteiger partial charge is 0.136 e. The molecular formula is C13H18O2S. The van der Waals surface area contributed by atoms with E-state index in [-0.39, 0.29) is 5.44 Å². The van der Waals surface area contributed by atoms with Crippen molar-refractivity contribution in [2.45, 2.75) is 30.3 Å². The van der Waals surface area contributed by atoms with Crippen LogP contribution in [0.3, 0.4) is 0 Å². The molecule has 0 bridgehead atoms. The summed E-state index contributed by atoms with van der Waals surface area (Å²) >= 11 is 1.52. The van der Waals surface area contributed by atoms with Crippen molar-refractivity contribution in [3.05, 3.63) is 42.0 Å². The monoisotopic (exact) mass is 238 g/mol. The number of aliphatic hydroxyl groups excluding tert-OH is 1. The van der Waals surface area contributed by atoms with E-state index in [9.17, 15) is 5.11 Å². The van der Waals surface area contributed by atoms with Crippen LogP contribution in [0.2, 0.25) is 0 Å². The molecule has 0 heterocycles. The number of ether oxygens (including phenoxy) is 1. The lowest BCUT2D eigenvalue weighted by Crippen LogP contribution is -2.22. The van der Waals surface area contributed by atoms with Crippen molar-refractivity contribution in [2.24, 2.45) is 0 Å². The van der Waals surface area contributed by atoms with E-state index in [0.717, 1.165) is 10.5 Å². The number of thioether (sulfide) groups is 1. The fourth-order valence-electron chi connectivity index (χ4n) is 1.31. The van der Waals surface area contributed by atoms with Gasteiger partial charge in [0.2, 0.25) is 0 Å². The van der Waals surface area contributed by atoms with Crippen LogP contribution >= 0.6 is 11.8 Å². The van der Waals surface area contributed by atoms with Gasteiger partial charge in [0.1, 0.15) is 11.5 Å². The molecule has 0 amide bonds. The molecule has 1 aromatic carbocycles. The summed E-state index contributed by atoms with van der Waals surface area (Å²) in [5.41, 5.74) is 0.820. The average Bonchev–Trinajstić information content (AvgIpc) is 2.26. The minimum atomic E-state index is -0.583. The van der Waals surface area contributed by atoms with Gasteiger partial charge in [-0.2, -0.15) is 0 Å². The minimum absolute atomic E-state index is 0.266. The highest BCUT2D eigenvalue weighted by Gasteiger charge is 2.17. The van der Waals surface area contributed by atoms with Gasteiger partial charge < -0.3 is 9.84 Å². The standard InChI is InChI=1S/C13H18O2S/c1-10(2)9-12(14)13(15-3)16-11-7-5-4-6-8-11/h4-9,12-14H,1-3H3. The number of allylic oxidation sites excluding steroid dienone is 1. The minimum Gasteiger partial charge on any atom is -0.385 e. The third-order valence-electron chi connectivity index (χ3n) is 2.01. The predicted molar refractivity (Wildman–Crippen MR) is 68.5 cm³/mol. The maximum Gasteiger partial charge on any atom is 0.136 e. The highest BCUT2D eigenvalue weighted by molar-refractivity contribution is 7.99. The molecule has 2 unspecified atom stereocenters. The second kappa shape index (κ2) is 6.74. The summed E-state index contributed by atoms with van der Waals surface area (Å²) in [5.74, 6) is 0. The fraction of sp³-hybridized carbons (Fsp3) is 0.385. The van der Waals surface area contributed by atoms with Gasteiger partial charge in [-0.15, -0.1) is 0 Å². The Labute approximate surface area is 101 Å². The van der Waals surface area contributed by atoms with Gasteiger partial charge in [-0.3, -0.25) is 0 Å². The van der Waals surface area contributed by atoms with Crippen molar-refractivity contribution in [3.63, 3.8) is 0 Å².